The maximum Gasteiger partial charge on any atom is 0.0860 e. The molecule has 19 heavy (non-hydrogen) atoms. The maximum absolute atomic E-state index is 4.87. The largest absolute Gasteiger partial charge is 0.354 e. The van der Waals surface area contributed by atoms with E-state index in [1.807, 2.05) is 0 Å². The van der Waals surface area contributed by atoms with Gasteiger partial charge in [-0.3, -0.25) is 4.99 Å². The van der Waals surface area contributed by atoms with Crippen LogP contribution in [0.15, 0.2) is 4.99 Å². The summed E-state index contributed by atoms with van der Waals surface area (Å²) in [5.41, 5.74) is 0. The highest BCUT2D eigenvalue weighted by Gasteiger charge is 2.52. The molecule has 5 fully saturated rings. The molecule has 6 rings (SSSR count). The molecular weight excluding hydrogens is 232 g/mol. The van der Waals surface area contributed by atoms with Crippen LogP contribution in [0.25, 0.3) is 0 Å². The minimum absolute atomic E-state index is 0.658. The molecule has 0 amide bonds. The first-order valence-corrected chi connectivity index (χ1v) is 8.69. The summed E-state index contributed by atoms with van der Waals surface area (Å²) in [7, 11) is 0. The van der Waals surface area contributed by atoms with Crippen LogP contribution in [-0.4, -0.2) is 29.4 Å². The summed E-state index contributed by atoms with van der Waals surface area (Å²) < 4.78 is 0. The molecule has 0 N–H and O–H groups in total. The van der Waals surface area contributed by atoms with Crippen molar-refractivity contribution in [3.63, 3.8) is 0 Å². The molecule has 2 atom stereocenters. The molecule has 0 saturated heterocycles. The lowest BCUT2D eigenvalue weighted by atomic mass is 9.53. The molecule has 6 aliphatic rings. The molecule has 4 bridgehead atoms. The van der Waals surface area contributed by atoms with Crippen LogP contribution in [0, 0.1) is 23.7 Å². The monoisotopic (exact) mass is 258 g/mol. The lowest BCUT2D eigenvalue weighted by Gasteiger charge is -2.57. The highest BCUT2D eigenvalue weighted by molar-refractivity contribution is 5.60. The molecule has 2 unspecified atom stereocenters. The molecule has 0 aromatic heterocycles. The molecule has 2 heteroatoms. The second kappa shape index (κ2) is 3.99. The Morgan fingerprint density at radius 1 is 0.842 bits per heavy atom. The Balaban J connectivity index is 1.42. The van der Waals surface area contributed by atoms with Crippen molar-refractivity contribution in [3.8, 4) is 0 Å². The number of rotatable bonds is 1. The Kier molecular flexibility index (Phi) is 2.34. The molecule has 1 heterocycles. The first-order valence-electron chi connectivity index (χ1n) is 8.69. The van der Waals surface area contributed by atoms with E-state index in [0.29, 0.717) is 6.04 Å². The number of fused-ring (bicyclic) bond motifs is 1. The van der Waals surface area contributed by atoms with Crippen LogP contribution in [0.1, 0.15) is 57.8 Å². The van der Waals surface area contributed by atoms with Crippen molar-refractivity contribution >= 4 is 6.34 Å². The van der Waals surface area contributed by atoms with Crippen LogP contribution in [0.5, 0.6) is 0 Å². The van der Waals surface area contributed by atoms with E-state index >= 15 is 0 Å². The zero-order chi connectivity index (χ0) is 12.4. The number of hydrogen-bond donors (Lipinski definition) is 0. The highest BCUT2D eigenvalue weighted by atomic mass is 15.3. The smallest absolute Gasteiger partial charge is 0.0860 e. The Morgan fingerprint density at radius 2 is 1.53 bits per heavy atom. The van der Waals surface area contributed by atoms with Gasteiger partial charge in [0.05, 0.1) is 18.4 Å². The topological polar surface area (TPSA) is 15.6 Å². The predicted molar refractivity (Wildman–Crippen MR) is 77.2 cm³/mol. The quantitative estimate of drug-likeness (QED) is 0.703. The Bertz CT molecular complexity index is 374. The van der Waals surface area contributed by atoms with Gasteiger partial charge in [0.1, 0.15) is 0 Å². The third-order valence-electron chi connectivity index (χ3n) is 6.99. The van der Waals surface area contributed by atoms with Gasteiger partial charge in [0.25, 0.3) is 0 Å². The van der Waals surface area contributed by atoms with Gasteiger partial charge in [-0.1, -0.05) is 12.8 Å². The molecule has 0 aromatic rings. The Hall–Kier alpha value is -0.530. The van der Waals surface area contributed by atoms with Gasteiger partial charge < -0.3 is 4.90 Å². The van der Waals surface area contributed by atoms with Gasteiger partial charge in [0.2, 0.25) is 0 Å². The molecule has 1 aliphatic heterocycles. The predicted octanol–water partition coefficient (Wildman–Crippen LogP) is 3.47. The van der Waals surface area contributed by atoms with Gasteiger partial charge in [-0.15, -0.1) is 0 Å². The van der Waals surface area contributed by atoms with Gasteiger partial charge in [-0.25, -0.2) is 0 Å². The van der Waals surface area contributed by atoms with E-state index in [-0.39, 0.29) is 0 Å². The van der Waals surface area contributed by atoms with E-state index in [1.165, 1.54) is 25.7 Å². The standard InChI is InChI=1S/C17H26N2/c1-2-4-16-15(3-1)18-10-19(16)17-13-6-11-5-12(8-13)9-14(17)7-11/h10-17H,1-9H2. The first-order chi connectivity index (χ1) is 9.38. The Morgan fingerprint density at radius 3 is 2.26 bits per heavy atom. The van der Waals surface area contributed by atoms with Gasteiger partial charge >= 0.3 is 0 Å². The molecule has 104 valence electrons. The lowest BCUT2D eigenvalue weighted by molar-refractivity contribution is -0.0537. The zero-order valence-electron chi connectivity index (χ0n) is 11.9. The van der Waals surface area contributed by atoms with Crippen LogP contribution in [0.4, 0.5) is 0 Å². The first kappa shape index (κ1) is 11.2. The van der Waals surface area contributed by atoms with Crippen molar-refractivity contribution in [2.45, 2.75) is 75.9 Å². The third kappa shape index (κ3) is 1.58. The number of hydrogen-bond acceptors (Lipinski definition) is 2. The van der Waals surface area contributed by atoms with Crippen LogP contribution in [-0.2, 0) is 0 Å². The fourth-order valence-corrected chi connectivity index (χ4v) is 6.54. The zero-order valence-corrected chi connectivity index (χ0v) is 11.9. The minimum atomic E-state index is 0.658. The fourth-order valence-electron chi connectivity index (χ4n) is 6.54. The third-order valence-corrected chi connectivity index (χ3v) is 6.99. The molecule has 0 radical (unpaired) electrons. The van der Waals surface area contributed by atoms with Crippen LogP contribution in [0.2, 0.25) is 0 Å². The van der Waals surface area contributed by atoms with Crippen LogP contribution < -0.4 is 0 Å². The lowest BCUT2D eigenvalue weighted by Crippen LogP contribution is -2.58. The van der Waals surface area contributed by atoms with Gasteiger partial charge in [0.15, 0.2) is 0 Å². The summed E-state index contributed by atoms with van der Waals surface area (Å²) in [6, 6.07) is 2.33. The maximum atomic E-state index is 4.87. The summed E-state index contributed by atoms with van der Waals surface area (Å²) in [6.45, 7) is 0. The van der Waals surface area contributed by atoms with Crippen molar-refractivity contribution in [1.29, 1.82) is 0 Å². The van der Waals surface area contributed by atoms with Crippen molar-refractivity contribution in [3.05, 3.63) is 0 Å². The summed E-state index contributed by atoms with van der Waals surface area (Å²) >= 11 is 0. The Labute approximate surface area is 116 Å². The fraction of sp³-hybridized carbons (Fsp3) is 0.941. The van der Waals surface area contributed by atoms with E-state index in [1.54, 1.807) is 32.1 Å². The molecule has 0 spiro atoms. The summed E-state index contributed by atoms with van der Waals surface area (Å²) in [5, 5.41) is 0. The summed E-state index contributed by atoms with van der Waals surface area (Å²) in [6.07, 6.45) is 15.6. The van der Waals surface area contributed by atoms with Gasteiger partial charge in [-0.2, -0.15) is 0 Å². The molecular formula is C17H26N2. The average Bonchev–Trinajstić information content (AvgIpc) is 2.82. The summed E-state index contributed by atoms with van der Waals surface area (Å²) in [4.78, 5) is 7.65. The molecule has 5 aliphatic carbocycles. The van der Waals surface area contributed by atoms with Crippen molar-refractivity contribution in [2.75, 3.05) is 0 Å². The highest BCUT2D eigenvalue weighted by Crippen LogP contribution is 2.55. The van der Waals surface area contributed by atoms with Crippen LogP contribution >= 0.6 is 0 Å². The van der Waals surface area contributed by atoms with E-state index in [2.05, 4.69) is 11.2 Å². The number of nitrogens with zero attached hydrogens (tertiary/aromatic N) is 2. The summed E-state index contributed by atoms with van der Waals surface area (Å²) in [5.74, 6) is 4.23. The van der Waals surface area contributed by atoms with Gasteiger partial charge in [0, 0.05) is 6.04 Å². The van der Waals surface area contributed by atoms with Crippen LogP contribution in [0.3, 0.4) is 0 Å². The van der Waals surface area contributed by atoms with E-state index in [0.717, 1.165) is 35.8 Å². The van der Waals surface area contributed by atoms with Crippen molar-refractivity contribution in [2.24, 2.45) is 28.7 Å². The second-order valence-corrected chi connectivity index (χ2v) is 8.05. The normalized spacial score (nSPS) is 54.7. The van der Waals surface area contributed by atoms with Crippen molar-refractivity contribution < 1.29 is 0 Å². The van der Waals surface area contributed by atoms with Crippen molar-refractivity contribution in [1.82, 2.24) is 4.90 Å². The SMILES string of the molecule is C1=NC2CCCCC2N1C1C2CC3CC(C2)CC1C3. The van der Waals surface area contributed by atoms with E-state index in [9.17, 15) is 0 Å². The van der Waals surface area contributed by atoms with Gasteiger partial charge in [-0.05, 0) is 68.6 Å². The average molecular weight is 258 g/mol. The number of aliphatic imine (C=N–C) groups is 1. The minimum Gasteiger partial charge on any atom is -0.354 e. The molecule has 0 aromatic carbocycles. The molecule has 5 saturated carbocycles. The molecule has 2 nitrogen and oxygen atoms in total. The van der Waals surface area contributed by atoms with E-state index in [4.69, 9.17) is 4.99 Å². The second-order valence-electron chi connectivity index (χ2n) is 8.05. The van der Waals surface area contributed by atoms with E-state index < -0.39 is 0 Å².